The minimum Gasteiger partial charge on any atom is -0.359 e. The lowest BCUT2D eigenvalue weighted by Gasteiger charge is -2.06. The van der Waals surface area contributed by atoms with Gasteiger partial charge in [0.05, 0.1) is 28.1 Å². The first-order valence-corrected chi connectivity index (χ1v) is 8.28. The molecule has 3 aromatic heterocycles. The number of para-hydroxylation sites is 2. The third-order valence-electron chi connectivity index (χ3n) is 4.48. The number of nitrogens with zero attached hydrogens (tertiary/aromatic N) is 2. The summed E-state index contributed by atoms with van der Waals surface area (Å²) < 4.78 is 0. The van der Waals surface area contributed by atoms with E-state index in [4.69, 9.17) is 9.97 Å². The second kappa shape index (κ2) is 5.56. The highest BCUT2D eigenvalue weighted by atomic mass is 14.8. The summed E-state index contributed by atoms with van der Waals surface area (Å²) in [6.07, 6.45) is 1.94. The molecule has 5 rings (SSSR count). The zero-order valence-corrected chi connectivity index (χ0v) is 13.5. The smallest absolute Gasteiger partial charge is 0.0879 e. The molecule has 0 spiro atoms. The summed E-state index contributed by atoms with van der Waals surface area (Å²) in [5, 5.41) is 2.29. The molecule has 3 nitrogen and oxygen atoms in total. The molecule has 0 saturated heterocycles. The average molecular weight is 321 g/mol. The number of pyridine rings is 2. The number of benzene rings is 2. The summed E-state index contributed by atoms with van der Waals surface area (Å²) in [6.45, 7) is 0. The van der Waals surface area contributed by atoms with Gasteiger partial charge in [0.1, 0.15) is 0 Å². The van der Waals surface area contributed by atoms with Gasteiger partial charge in [0.15, 0.2) is 0 Å². The maximum Gasteiger partial charge on any atom is 0.0879 e. The SMILES string of the molecule is c1ccc2nc(-c3cc[nH]c3-c3ccc4ccccc4n3)ccc2c1. The third-order valence-corrected chi connectivity index (χ3v) is 4.48. The highest BCUT2D eigenvalue weighted by Gasteiger charge is 2.12. The summed E-state index contributed by atoms with van der Waals surface area (Å²) in [6, 6.07) is 26.7. The topological polar surface area (TPSA) is 41.6 Å². The van der Waals surface area contributed by atoms with Crippen LogP contribution in [0.1, 0.15) is 0 Å². The average Bonchev–Trinajstić information content (AvgIpc) is 3.17. The van der Waals surface area contributed by atoms with Crippen molar-refractivity contribution in [1.82, 2.24) is 15.0 Å². The van der Waals surface area contributed by atoms with E-state index in [-0.39, 0.29) is 0 Å². The van der Waals surface area contributed by atoms with Crippen molar-refractivity contribution in [2.75, 3.05) is 0 Å². The number of hydrogen-bond acceptors (Lipinski definition) is 2. The molecule has 0 saturated carbocycles. The first-order chi connectivity index (χ1) is 12.4. The maximum absolute atomic E-state index is 4.82. The highest BCUT2D eigenvalue weighted by Crippen LogP contribution is 2.30. The fourth-order valence-corrected chi connectivity index (χ4v) is 3.22. The molecule has 118 valence electrons. The lowest BCUT2D eigenvalue weighted by atomic mass is 10.1. The Morgan fingerprint density at radius 2 is 1.16 bits per heavy atom. The molecule has 0 aliphatic carbocycles. The molecule has 0 bridgehead atoms. The predicted molar refractivity (Wildman–Crippen MR) is 102 cm³/mol. The summed E-state index contributed by atoms with van der Waals surface area (Å²) in [7, 11) is 0. The molecule has 0 atom stereocenters. The van der Waals surface area contributed by atoms with Gasteiger partial charge in [-0.25, -0.2) is 9.97 Å². The minimum absolute atomic E-state index is 0.925. The van der Waals surface area contributed by atoms with Crippen LogP contribution in [0.25, 0.3) is 44.5 Å². The zero-order chi connectivity index (χ0) is 16.6. The van der Waals surface area contributed by atoms with E-state index in [1.165, 1.54) is 0 Å². The second-order valence-corrected chi connectivity index (χ2v) is 6.04. The Morgan fingerprint density at radius 1 is 0.560 bits per heavy atom. The van der Waals surface area contributed by atoms with Crippen molar-refractivity contribution in [2.24, 2.45) is 0 Å². The van der Waals surface area contributed by atoms with E-state index < -0.39 is 0 Å². The van der Waals surface area contributed by atoms with Crippen molar-refractivity contribution in [1.29, 1.82) is 0 Å². The Bertz CT molecular complexity index is 1110. The Labute approximate surface area is 145 Å². The summed E-state index contributed by atoms with van der Waals surface area (Å²) in [5.41, 5.74) is 5.92. The predicted octanol–water partition coefficient (Wildman–Crippen LogP) is 5.45. The van der Waals surface area contributed by atoms with E-state index in [2.05, 4.69) is 47.4 Å². The van der Waals surface area contributed by atoms with E-state index in [0.29, 0.717) is 0 Å². The van der Waals surface area contributed by atoms with Crippen LogP contribution in [0.4, 0.5) is 0 Å². The van der Waals surface area contributed by atoms with Crippen LogP contribution < -0.4 is 0 Å². The molecule has 0 fully saturated rings. The normalized spacial score (nSPS) is 11.2. The maximum atomic E-state index is 4.82. The van der Waals surface area contributed by atoms with E-state index in [1.807, 2.05) is 42.6 Å². The molecule has 1 N–H and O–H groups in total. The van der Waals surface area contributed by atoms with Gasteiger partial charge in [0.2, 0.25) is 0 Å². The molecule has 3 heteroatoms. The molecule has 5 aromatic rings. The van der Waals surface area contributed by atoms with Gasteiger partial charge < -0.3 is 4.98 Å². The zero-order valence-electron chi connectivity index (χ0n) is 13.5. The quantitative estimate of drug-likeness (QED) is 0.470. The van der Waals surface area contributed by atoms with E-state index in [9.17, 15) is 0 Å². The number of aromatic nitrogens is 3. The van der Waals surface area contributed by atoms with Crippen LogP contribution in [-0.4, -0.2) is 15.0 Å². The molecule has 0 amide bonds. The van der Waals surface area contributed by atoms with E-state index >= 15 is 0 Å². The number of H-pyrrole nitrogens is 1. The van der Waals surface area contributed by atoms with Gasteiger partial charge in [-0.15, -0.1) is 0 Å². The minimum atomic E-state index is 0.925. The fraction of sp³-hybridized carbons (Fsp3) is 0. The molecule has 0 aliphatic heterocycles. The molecular formula is C22H15N3. The lowest BCUT2D eigenvalue weighted by molar-refractivity contribution is 1.31. The lowest BCUT2D eigenvalue weighted by Crippen LogP contribution is -1.90. The van der Waals surface area contributed by atoms with Crippen molar-refractivity contribution in [2.45, 2.75) is 0 Å². The molecule has 0 unspecified atom stereocenters. The van der Waals surface area contributed by atoms with Crippen molar-refractivity contribution >= 4 is 21.8 Å². The van der Waals surface area contributed by atoms with E-state index in [0.717, 1.165) is 44.5 Å². The summed E-state index contributed by atoms with van der Waals surface area (Å²) >= 11 is 0. The number of fused-ring (bicyclic) bond motifs is 2. The summed E-state index contributed by atoms with van der Waals surface area (Å²) in [5.74, 6) is 0. The Balaban J connectivity index is 1.67. The van der Waals surface area contributed by atoms with Crippen LogP contribution in [0.2, 0.25) is 0 Å². The van der Waals surface area contributed by atoms with Gasteiger partial charge in [-0.1, -0.05) is 48.5 Å². The van der Waals surface area contributed by atoms with Gasteiger partial charge in [-0.2, -0.15) is 0 Å². The van der Waals surface area contributed by atoms with E-state index in [1.54, 1.807) is 0 Å². The largest absolute Gasteiger partial charge is 0.359 e. The Hall–Kier alpha value is -3.46. The molecule has 0 aliphatic rings. The van der Waals surface area contributed by atoms with Crippen LogP contribution in [0, 0.1) is 0 Å². The highest BCUT2D eigenvalue weighted by molar-refractivity contribution is 5.87. The van der Waals surface area contributed by atoms with Crippen LogP contribution in [0.15, 0.2) is 85.1 Å². The number of rotatable bonds is 2. The number of nitrogens with one attached hydrogen (secondary N) is 1. The van der Waals surface area contributed by atoms with Gasteiger partial charge in [0, 0.05) is 22.5 Å². The molecule has 0 radical (unpaired) electrons. The van der Waals surface area contributed by atoms with Crippen LogP contribution >= 0.6 is 0 Å². The van der Waals surface area contributed by atoms with Gasteiger partial charge >= 0.3 is 0 Å². The summed E-state index contributed by atoms with van der Waals surface area (Å²) in [4.78, 5) is 13.0. The van der Waals surface area contributed by atoms with Crippen LogP contribution in [0.3, 0.4) is 0 Å². The second-order valence-electron chi connectivity index (χ2n) is 6.04. The van der Waals surface area contributed by atoms with Gasteiger partial charge in [0.25, 0.3) is 0 Å². The van der Waals surface area contributed by atoms with Crippen molar-refractivity contribution in [3.8, 4) is 22.6 Å². The Kier molecular flexibility index (Phi) is 3.10. The molecule has 25 heavy (non-hydrogen) atoms. The number of hydrogen-bond donors (Lipinski definition) is 1. The monoisotopic (exact) mass is 321 g/mol. The third kappa shape index (κ3) is 2.37. The molecule has 3 heterocycles. The first kappa shape index (κ1) is 13.9. The standard InChI is InChI=1S/C22H15N3/c1-3-7-18-15(5-1)9-11-20(24-18)17-13-14-23-22(17)21-12-10-16-6-2-4-8-19(16)25-21/h1-14,23H. The van der Waals surface area contributed by atoms with Crippen LogP contribution in [-0.2, 0) is 0 Å². The number of aromatic amines is 1. The molecular weight excluding hydrogens is 306 g/mol. The Morgan fingerprint density at radius 3 is 1.88 bits per heavy atom. The van der Waals surface area contributed by atoms with Gasteiger partial charge in [-0.05, 0) is 30.3 Å². The van der Waals surface area contributed by atoms with Crippen molar-refractivity contribution < 1.29 is 0 Å². The van der Waals surface area contributed by atoms with Gasteiger partial charge in [-0.3, -0.25) is 0 Å². The fourth-order valence-electron chi connectivity index (χ4n) is 3.22. The molecule has 2 aromatic carbocycles. The first-order valence-electron chi connectivity index (χ1n) is 8.28. The van der Waals surface area contributed by atoms with Crippen molar-refractivity contribution in [3.63, 3.8) is 0 Å². The van der Waals surface area contributed by atoms with Crippen LogP contribution in [0.5, 0.6) is 0 Å². The van der Waals surface area contributed by atoms with Crippen molar-refractivity contribution in [3.05, 3.63) is 85.1 Å².